The maximum atomic E-state index is 12.6. The number of morpholine rings is 1. The van der Waals surface area contributed by atoms with Gasteiger partial charge in [-0.25, -0.2) is 0 Å². The summed E-state index contributed by atoms with van der Waals surface area (Å²) in [5.74, 6) is 1.28. The van der Waals surface area contributed by atoms with Crippen LogP contribution in [0.1, 0.15) is 12.0 Å². The molecule has 0 unspecified atom stereocenters. The highest BCUT2D eigenvalue weighted by Gasteiger charge is 2.34. The Morgan fingerprint density at radius 2 is 2.04 bits per heavy atom. The number of carbonyl (C=O) groups excluding carboxylic acids is 1. The highest BCUT2D eigenvalue weighted by atomic mass is 16.5. The summed E-state index contributed by atoms with van der Waals surface area (Å²) in [6.07, 6.45) is 1.29. The summed E-state index contributed by atoms with van der Waals surface area (Å²) >= 11 is 0. The molecule has 0 radical (unpaired) electrons. The predicted octanol–water partition coefficient (Wildman–Crippen LogP) is 0.844. The van der Waals surface area contributed by atoms with Crippen LogP contribution >= 0.6 is 0 Å². The van der Waals surface area contributed by atoms with Crippen molar-refractivity contribution >= 4 is 5.91 Å². The van der Waals surface area contributed by atoms with E-state index in [0.29, 0.717) is 24.9 Å². The van der Waals surface area contributed by atoms with Gasteiger partial charge in [0, 0.05) is 44.6 Å². The third kappa shape index (κ3) is 3.81. The smallest absolute Gasteiger partial charge is 0.261 e. The van der Waals surface area contributed by atoms with Crippen molar-refractivity contribution in [1.82, 2.24) is 10.2 Å². The number of carbonyl (C=O) groups is 1. The minimum Gasteiger partial charge on any atom is -0.480 e. The first-order chi connectivity index (χ1) is 12.3. The van der Waals surface area contributed by atoms with Gasteiger partial charge in [0.05, 0.1) is 19.8 Å². The molecule has 0 bridgehead atoms. The lowest BCUT2D eigenvalue weighted by molar-refractivity contribution is -0.127. The number of rotatable bonds is 5. The van der Waals surface area contributed by atoms with Gasteiger partial charge in [0.2, 0.25) is 0 Å². The van der Waals surface area contributed by atoms with Crippen LogP contribution in [0.2, 0.25) is 0 Å². The Balaban J connectivity index is 1.35. The van der Waals surface area contributed by atoms with Gasteiger partial charge in [0.1, 0.15) is 5.75 Å². The second kappa shape index (κ2) is 7.72. The molecule has 3 aliphatic heterocycles. The maximum Gasteiger partial charge on any atom is 0.261 e. The maximum absolute atomic E-state index is 12.6. The number of fused-ring (bicyclic) bond motifs is 1. The average molecular weight is 346 g/mol. The number of hydrogen-bond donors (Lipinski definition) is 1. The van der Waals surface area contributed by atoms with Crippen LogP contribution < -0.4 is 10.1 Å². The lowest BCUT2D eigenvalue weighted by Crippen LogP contribution is -2.53. The van der Waals surface area contributed by atoms with Crippen LogP contribution in [0.5, 0.6) is 5.75 Å². The molecule has 25 heavy (non-hydrogen) atoms. The van der Waals surface area contributed by atoms with Crippen LogP contribution in [0.3, 0.4) is 0 Å². The van der Waals surface area contributed by atoms with E-state index in [-0.39, 0.29) is 5.91 Å². The van der Waals surface area contributed by atoms with Gasteiger partial charge in [-0.3, -0.25) is 9.69 Å². The van der Waals surface area contributed by atoms with Crippen molar-refractivity contribution in [2.45, 2.75) is 25.0 Å². The lowest BCUT2D eigenvalue weighted by atomic mass is 9.96. The lowest BCUT2D eigenvalue weighted by Gasteiger charge is -2.37. The zero-order chi connectivity index (χ0) is 17.1. The van der Waals surface area contributed by atoms with E-state index < -0.39 is 6.10 Å². The molecular weight excluding hydrogens is 320 g/mol. The topological polar surface area (TPSA) is 60.0 Å². The summed E-state index contributed by atoms with van der Waals surface area (Å²) in [4.78, 5) is 15.0. The van der Waals surface area contributed by atoms with Crippen molar-refractivity contribution in [2.24, 2.45) is 5.92 Å². The number of ether oxygens (including phenoxy) is 3. The van der Waals surface area contributed by atoms with Gasteiger partial charge in [-0.2, -0.15) is 0 Å². The quantitative estimate of drug-likeness (QED) is 0.856. The van der Waals surface area contributed by atoms with Gasteiger partial charge in [0.15, 0.2) is 6.10 Å². The normalized spacial score (nSPS) is 27.5. The van der Waals surface area contributed by atoms with Crippen molar-refractivity contribution in [3.05, 3.63) is 29.8 Å². The van der Waals surface area contributed by atoms with Gasteiger partial charge in [-0.1, -0.05) is 18.2 Å². The third-order valence-corrected chi connectivity index (χ3v) is 5.45. The van der Waals surface area contributed by atoms with Gasteiger partial charge in [-0.05, 0) is 18.1 Å². The van der Waals surface area contributed by atoms with Gasteiger partial charge in [-0.15, -0.1) is 0 Å². The molecule has 3 aliphatic rings. The summed E-state index contributed by atoms with van der Waals surface area (Å²) in [5.41, 5.74) is 1.11. The van der Waals surface area contributed by atoms with Gasteiger partial charge in [0.25, 0.3) is 5.91 Å². The molecule has 136 valence electrons. The molecule has 0 aromatic heterocycles. The molecule has 6 heteroatoms. The van der Waals surface area contributed by atoms with E-state index in [9.17, 15) is 4.79 Å². The largest absolute Gasteiger partial charge is 0.480 e. The first kappa shape index (κ1) is 16.8. The van der Waals surface area contributed by atoms with E-state index in [1.54, 1.807) is 0 Å². The number of nitrogens with zero attached hydrogens (tertiary/aromatic N) is 1. The molecular formula is C19H26N2O4. The fourth-order valence-corrected chi connectivity index (χ4v) is 4.01. The fourth-order valence-electron chi connectivity index (χ4n) is 4.01. The van der Waals surface area contributed by atoms with E-state index in [1.807, 2.05) is 24.3 Å². The van der Waals surface area contributed by atoms with E-state index in [0.717, 1.165) is 57.3 Å². The predicted molar refractivity (Wildman–Crippen MR) is 92.7 cm³/mol. The first-order valence-electron chi connectivity index (χ1n) is 9.23. The summed E-state index contributed by atoms with van der Waals surface area (Å²) in [7, 11) is 0. The van der Waals surface area contributed by atoms with Crippen LogP contribution in [0, 0.1) is 5.92 Å². The Morgan fingerprint density at radius 3 is 2.80 bits per heavy atom. The summed E-state index contributed by atoms with van der Waals surface area (Å²) in [5, 5.41) is 3.13. The zero-order valence-corrected chi connectivity index (χ0v) is 14.5. The summed E-state index contributed by atoms with van der Waals surface area (Å²) < 4.78 is 16.9. The van der Waals surface area contributed by atoms with Crippen LogP contribution in [0.25, 0.3) is 0 Å². The Hall–Kier alpha value is -1.63. The fraction of sp³-hybridized carbons (Fsp3) is 0.632. The van der Waals surface area contributed by atoms with Crippen LogP contribution in [-0.4, -0.2) is 69.0 Å². The van der Waals surface area contributed by atoms with Gasteiger partial charge >= 0.3 is 0 Å². The van der Waals surface area contributed by atoms with E-state index in [4.69, 9.17) is 14.2 Å². The molecule has 1 amide bonds. The Morgan fingerprint density at radius 1 is 1.20 bits per heavy atom. The second-order valence-corrected chi connectivity index (χ2v) is 7.00. The van der Waals surface area contributed by atoms with Crippen molar-refractivity contribution in [2.75, 3.05) is 46.1 Å². The highest BCUT2D eigenvalue weighted by molar-refractivity contribution is 5.82. The van der Waals surface area contributed by atoms with Crippen molar-refractivity contribution in [3.63, 3.8) is 0 Å². The van der Waals surface area contributed by atoms with Gasteiger partial charge < -0.3 is 19.5 Å². The summed E-state index contributed by atoms with van der Waals surface area (Å²) in [6.45, 7) is 5.61. The average Bonchev–Trinajstić information content (AvgIpc) is 3.32. The molecule has 4 rings (SSSR count). The zero-order valence-electron chi connectivity index (χ0n) is 14.5. The molecule has 1 aromatic rings. The van der Waals surface area contributed by atoms with Crippen LogP contribution in [0.15, 0.2) is 24.3 Å². The first-order valence-corrected chi connectivity index (χ1v) is 9.23. The number of hydrogen-bond acceptors (Lipinski definition) is 5. The Bertz CT molecular complexity index is 572. The SMILES string of the molecule is O=C(NC[C@H]([C@@H]1CCOC1)N1CCOCC1)[C@@H]1Cc2ccccc2O1. The molecule has 3 atom stereocenters. The molecule has 2 saturated heterocycles. The standard InChI is InChI=1S/C19H26N2O4/c22-19(18-11-14-3-1-2-4-17(14)25-18)20-12-16(15-5-8-24-13-15)21-6-9-23-10-7-21/h1-4,15-16,18H,5-13H2,(H,20,22)/t15-,16-,18+/m1/s1. The third-order valence-electron chi connectivity index (χ3n) is 5.45. The molecule has 0 aliphatic carbocycles. The molecule has 0 saturated carbocycles. The van der Waals surface area contributed by atoms with Crippen LogP contribution in [0.4, 0.5) is 0 Å². The highest BCUT2D eigenvalue weighted by Crippen LogP contribution is 2.28. The molecule has 3 heterocycles. The van der Waals surface area contributed by atoms with E-state index in [2.05, 4.69) is 10.2 Å². The second-order valence-electron chi connectivity index (χ2n) is 7.00. The van der Waals surface area contributed by atoms with Crippen LogP contribution in [-0.2, 0) is 20.7 Å². The monoisotopic (exact) mass is 346 g/mol. The minimum absolute atomic E-state index is 0.0200. The molecule has 2 fully saturated rings. The number of para-hydroxylation sites is 1. The van der Waals surface area contributed by atoms with E-state index >= 15 is 0 Å². The van der Waals surface area contributed by atoms with Crippen molar-refractivity contribution in [3.8, 4) is 5.75 Å². The Kier molecular flexibility index (Phi) is 5.20. The molecule has 6 nitrogen and oxygen atoms in total. The minimum atomic E-state index is -0.414. The molecule has 0 spiro atoms. The molecule has 1 N–H and O–H groups in total. The van der Waals surface area contributed by atoms with Crippen molar-refractivity contribution in [1.29, 1.82) is 0 Å². The summed E-state index contributed by atoms with van der Waals surface area (Å²) in [6, 6.07) is 8.17. The number of nitrogens with one attached hydrogen (secondary N) is 1. The van der Waals surface area contributed by atoms with Crippen molar-refractivity contribution < 1.29 is 19.0 Å². The number of amides is 1. The number of benzene rings is 1. The Labute approximate surface area is 148 Å². The van der Waals surface area contributed by atoms with E-state index in [1.165, 1.54) is 0 Å². The molecule has 1 aromatic carbocycles.